The minimum Gasteiger partial charge on any atom is -0.454 e. The molecule has 0 fully saturated rings. The van der Waals surface area contributed by atoms with Gasteiger partial charge in [0.2, 0.25) is 6.79 Å². The van der Waals surface area contributed by atoms with Gasteiger partial charge in [0, 0.05) is 29.2 Å². The molecule has 0 radical (unpaired) electrons. The maximum Gasteiger partial charge on any atom is 0.251 e. The van der Waals surface area contributed by atoms with E-state index in [0.29, 0.717) is 23.8 Å². The lowest BCUT2D eigenvalue weighted by Crippen LogP contribution is -2.31. The monoisotopic (exact) mass is 395 g/mol. The van der Waals surface area contributed by atoms with Crippen LogP contribution in [0.3, 0.4) is 0 Å². The third-order valence-corrected chi connectivity index (χ3v) is 5.08. The fourth-order valence-electron chi connectivity index (χ4n) is 3.26. The third kappa shape index (κ3) is 3.66. The number of hydrogen-bond donors (Lipinski definition) is 3. The summed E-state index contributed by atoms with van der Waals surface area (Å²) in [6.45, 7) is 4.84. The Morgan fingerprint density at radius 3 is 2.75 bits per heavy atom. The molecule has 0 bridgehead atoms. The van der Waals surface area contributed by atoms with E-state index in [2.05, 4.69) is 21.7 Å². The molecule has 0 atom stereocenters. The van der Waals surface area contributed by atoms with Gasteiger partial charge in [-0.2, -0.15) is 0 Å². The highest BCUT2D eigenvalue weighted by atomic mass is 32.1. The van der Waals surface area contributed by atoms with Crippen LogP contribution in [0.4, 0.5) is 5.69 Å². The van der Waals surface area contributed by atoms with Gasteiger partial charge in [-0.1, -0.05) is 12.1 Å². The zero-order chi connectivity index (χ0) is 19.7. The highest BCUT2D eigenvalue weighted by molar-refractivity contribution is 7.80. The van der Waals surface area contributed by atoms with E-state index in [1.807, 2.05) is 44.2 Å². The van der Waals surface area contributed by atoms with Crippen LogP contribution in [0.15, 0.2) is 41.2 Å². The Balaban J connectivity index is 1.39. The second-order valence-electron chi connectivity index (χ2n) is 6.81. The first-order valence-electron chi connectivity index (χ1n) is 9.08. The largest absolute Gasteiger partial charge is 0.454 e. The molecule has 0 unspecified atom stereocenters. The van der Waals surface area contributed by atoms with Gasteiger partial charge in [0.05, 0.1) is 5.52 Å². The zero-order valence-corrected chi connectivity index (χ0v) is 16.5. The van der Waals surface area contributed by atoms with Crippen LogP contribution < -0.4 is 25.7 Å². The molecule has 6 nitrogen and oxygen atoms in total. The Hall–Kier alpha value is -3.06. The second-order valence-corrected chi connectivity index (χ2v) is 7.22. The molecule has 1 aliphatic rings. The number of H-pyrrole nitrogens is 1. The number of rotatable bonds is 4. The molecular weight excluding hydrogens is 374 g/mol. The second kappa shape index (κ2) is 7.52. The Bertz CT molecular complexity index is 1120. The van der Waals surface area contributed by atoms with Gasteiger partial charge in [-0.15, -0.1) is 0 Å². The molecule has 2 heterocycles. The number of ether oxygens (including phenoxy) is 2. The molecule has 0 amide bonds. The van der Waals surface area contributed by atoms with Crippen molar-refractivity contribution in [3.63, 3.8) is 0 Å². The van der Waals surface area contributed by atoms with Gasteiger partial charge >= 0.3 is 0 Å². The fourth-order valence-corrected chi connectivity index (χ4v) is 3.48. The fraction of sp³-hybridized carbons (Fsp3) is 0.238. The first kappa shape index (κ1) is 18.3. The zero-order valence-electron chi connectivity index (χ0n) is 15.7. The summed E-state index contributed by atoms with van der Waals surface area (Å²) in [4.78, 5) is 15.4. The summed E-state index contributed by atoms with van der Waals surface area (Å²) in [6, 6.07) is 11.6. The van der Waals surface area contributed by atoms with Crippen molar-refractivity contribution in [1.82, 2.24) is 10.3 Å². The Labute approximate surface area is 167 Å². The maximum atomic E-state index is 12.4. The Morgan fingerprint density at radius 1 is 1.11 bits per heavy atom. The van der Waals surface area contributed by atoms with Gasteiger partial charge < -0.3 is 25.1 Å². The quantitative estimate of drug-likeness (QED) is 0.588. The van der Waals surface area contributed by atoms with Gasteiger partial charge in [0.1, 0.15) is 0 Å². The van der Waals surface area contributed by atoms with Crippen LogP contribution in [0.5, 0.6) is 11.5 Å². The number of benzene rings is 2. The van der Waals surface area contributed by atoms with E-state index < -0.39 is 0 Å². The number of hydrogen-bond acceptors (Lipinski definition) is 4. The number of aromatic nitrogens is 1. The summed E-state index contributed by atoms with van der Waals surface area (Å²) in [7, 11) is 0. The van der Waals surface area contributed by atoms with Crippen LogP contribution in [0.1, 0.15) is 16.7 Å². The lowest BCUT2D eigenvalue weighted by atomic mass is 10.0. The van der Waals surface area contributed by atoms with Crippen molar-refractivity contribution in [3.05, 3.63) is 63.4 Å². The molecule has 3 N–H and O–H groups in total. The van der Waals surface area contributed by atoms with E-state index in [1.165, 1.54) is 0 Å². The molecule has 1 aliphatic heterocycles. The number of nitrogens with one attached hydrogen (secondary N) is 3. The van der Waals surface area contributed by atoms with Gasteiger partial charge in [-0.25, -0.2) is 0 Å². The highest BCUT2D eigenvalue weighted by Gasteiger charge is 2.13. The van der Waals surface area contributed by atoms with Crippen molar-refractivity contribution in [2.75, 3.05) is 18.7 Å². The molecule has 4 rings (SSSR count). The topological polar surface area (TPSA) is 75.4 Å². The number of pyridine rings is 1. The van der Waals surface area contributed by atoms with E-state index in [4.69, 9.17) is 21.7 Å². The summed E-state index contributed by atoms with van der Waals surface area (Å²) in [6.07, 6.45) is 0.571. The molecule has 0 aliphatic carbocycles. The lowest BCUT2D eigenvalue weighted by Gasteiger charge is -2.12. The van der Waals surface area contributed by atoms with Crippen LogP contribution in [-0.4, -0.2) is 23.4 Å². The molecule has 1 aromatic heterocycles. The van der Waals surface area contributed by atoms with Crippen molar-refractivity contribution in [2.24, 2.45) is 0 Å². The summed E-state index contributed by atoms with van der Waals surface area (Å²) in [5.41, 5.74) is 4.61. The van der Waals surface area contributed by atoms with Crippen molar-refractivity contribution in [2.45, 2.75) is 20.3 Å². The van der Waals surface area contributed by atoms with Crippen LogP contribution in [0.25, 0.3) is 10.9 Å². The molecule has 2 aromatic carbocycles. The van der Waals surface area contributed by atoms with Crippen molar-refractivity contribution in [1.29, 1.82) is 0 Å². The Kier molecular flexibility index (Phi) is 4.92. The van der Waals surface area contributed by atoms with Gasteiger partial charge in [-0.3, -0.25) is 4.79 Å². The average Bonchev–Trinajstić information content (AvgIpc) is 3.13. The predicted molar refractivity (Wildman–Crippen MR) is 115 cm³/mol. The molecule has 28 heavy (non-hydrogen) atoms. The van der Waals surface area contributed by atoms with E-state index in [-0.39, 0.29) is 12.4 Å². The van der Waals surface area contributed by atoms with Crippen LogP contribution >= 0.6 is 12.2 Å². The minimum absolute atomic E-state index is 0.0577. The summed E-state index contributed by atoms with van der Waals surface area (Å²) >= 11 is 5.35. The molecule has 0 saturated carbocycles. The first-order chi connectivity index (χ1) is 13.5. The van der Waals surface area contributed by atoms with Gasteiger partial charge in [0.15, 0.2) is 16.6 Å². The van der Waals surface area contributed by atoms with Crippen LogP contribution in [-0.2, 0) is 6.42 Å². The molecule has 0 spiro atoms. The molecule has 144 valence electrons. The summed E-state index contributed by atoms with van der Waals surface area (Å²) < 4.78 is 10.7. The number of fused-ring (bicyclic) bond motifs is 2. The Morgan fingerprint density at radius 2 is 1.89 bits per heavy atom. The normalized spacial score (nSPS) is 12.2. The molecule has 0 saturated heterocycles. The van der Waals surface area contributed by atoms with Crippen molar-refractivity contribution < 1.29 is 9.47 Å². The van der Waals surface area contributed by atoms with Gasteiger partial charge in [-0.05, 0) is 61.8 Å². The molecular formula is C21H21N3O3S. The van der Waals surface area contributed by atoms with E-state index >= 15 is 0 Å². The summed E-state index contributed by atoms with van der Waals surface area (Å²) in [5.74, 6) is 1.42. The standard InChI is InChI=1S/C21H21N3O3S/c1-12-3-4-13(2)19-16(12)9-14(20(25)24-19)7-8-22-21(28)23-15-5-6-17-18(10-15)27-11-26-17/h3-6,9-10H,7-8,11H2,1-2H3,(H,24,25)(H2,22,23,28). The molecule has 3 aromatic rings. The number of anilines is 1. The SMILES string of the molecule is Cc1ccc(C)c2[nH]c(=O)c(CCNC(=S)Nc3ccc4c(c3)OCO4)cc12. The predicted octanol–water partition coefficient (Wildman–Crippen LogP) is 3.40. The van der Waals surface area contributed by atoms with Gasteiger partial charge in [0.25, 0.3) is 5.56 Å². The first-order valence-corrected chi connectivity index (χ1v) is 9.49. The average molecular weight is 395 g/mol. The molecule has 7 heteroatoms. The number of aryl methyl sites for hydroxylation is 2. The van der Waals surface area contributed by atoms with Crippen LogP contribution in [0, 0.1) is 13.8 Å². The number of aromatic amines is 1. The summed E-state index contributed by atoms with van der Waals surface area (Å²) in [5, 5.41) is 7.83. The van der Waals surface area contributed by atoms with Crippen molar-refractivity contribution in [3.8, 4) is 11.5 Å². The maximum absolute atomic E-state index is 12.4. The van der Waals surface area contributed by atoms with E-state index in [1.54, 1.807) is 0 Å². The smallest absolute Gasteiger partial charge is 0.251 e. The van der Waals surface area contributed by atoms with Crippen molar-refractivity contribution >= 4 is 33.9 Å². The lowest BCUT2D eigenvalue weighted by molar-refractivity contribution is 0.174. The third-order valence-electron chi connectivity index (χ3n) is 4.83. The van der Waals surface area contributed by atoms with E-state index in [9.17, 15) is 4.79 Å². The minimum atomic E-state index is -0.0577. The van der Waals surface area contributed by atoms with E-state index in [0.717, 1.165) is 39.0 Å². The van der Waals surface area contributed by atoms with Crippen LogP contribution in [0.2, 0.25) is 0 Å². The highest BCUT2D eigenvalue weighted by Crippen LogP contribution is 2.34. The number of thiocarbonyl (C=S) groups is 1.